The molecule has 5 aliphatic rings. The van der Waals surface area contributed by atoms with Gasteiger partial charge in [0, 0.05) is 5.92 Å². The van der Waals surface area contributed by atoms with E-state index in [1.54, 1.807) is 0 Å². The number of hydrogen-bond acceptors (Lipinski definition) is 4. The van der Waals surface area contributed by atoms with Crippen LogP contribution in [0.25, 0.3) is 0 Å². The van der Waals surface area contributed by atoms with Crippen molar-refractivity contribution in [2.24, 2.45) is 40.4 Å². The lowest BCUT2D eigenvalue weighted by Crippen LogP contribution is -2.56. The molecule has 0 aromatic heterocycles. The second-order valence-electron chi connectivity index (χ2n) is 10.2. The van der Waals surface area contributed by atoms with Gasteiger partial charge < -0.3 is 15.2 Å². The van der Waals surface area contributed by atoms with E-state index in [0.717, 1.165) is 38.3 Å². The van der Waals surface area contributed by atoms with Crippen LogP contribution >= 0.6 is 0 Å². The Hall–Kier alpha value is -0.610. The Bertz CT molecular complexity index is 579. The third-order valence-corrected chi connectivity index (χ3v) is 9.47. The quantitative estimate of drug-likeness (QED) is 0.662. The maximum Gasteiger partial charge on any atom is 0.306 e. The molecule has 2 heterocycles. The van der Waals surface area contributed by atoms with Crippen LogP contribution in [0.1, 0.15) is 58.8 Å². The molecule has 9 atom stereocenters. The zero-order valence-electron chi connectivity index (χ0n) is 15.7. The van der Waals surface area contributed by atoms with Crippen LogP contribution < -0.4 is 5.32 Å². The molecule has 5 rings (SSSR count). The number of nitrogens with one attached hydrogen (secondary N) is 1. The van der Waals surface area contributed by atoms with Gasteiger partial charge in [-0.2, -0.15) is 0 Å². The molecule has 5 fully saturated rings. The van der Waals surface area contributed by atoms with E-state index >= 15 is 0 Å². The second-order valence-corrected chi connectivity index (χ2v) is 10.2. The Labute approximate surface area is 151 Å². The van der Waals surface area contributed by atoms with Crippen molar-refractivity contribution in [3.05, 3.63) is 0 Å². The molecule has 0 radical (unpaired) electrons. The van der Waals surface area contributed by atoms with Gasteiger partial charge in [-0.15, -0.1) is 0 Å². The minimum atomic E-state index is -0.156. The molecular weight excluding hydrogens is 314 g/mol. The molecule has 0 aromatic carbocycles. The Morgan fingerprint density at radius 3 is 2.64 bits per heavy atom. The molecule has 4 nitrogen and oxygen atoms in total. The van der Waals surface area contributed by atoms with E-state index in [-0.39, 0.29) is 29.0 Å². The number of esters is 1. The number of rotatable bonds is 0. The fraction of sp³-hybridized carbons (Fsp3) is 0.952. The summed E-state index contributed by atoms with van der Waals surface area (Å²) in [6.45, 7) is 7.04. The predicted octanol–water partition coefficient (Wildman–Crippen LogP) is 2.74. The van der Waals surface area contributed by atoms with Gasteiger partial charge in [0.25, 0.3) is 0 Å². The van der Waals surface area contributed by atoms with Gasteiger partial charge in [0.15, 0.2) is 0 Å². The van der Waals surface area contributed by atoms with Crippen LogP contribution in [-0.2, 0) is 9.53 Å². The Morgan fingerprint density at radius 1 is 1.00 bits per heavy atom. The highest BCUT2D eigenvalue weighted by molar-refractivity contribution is 5.72. The van der Waals surface area contributed by atoms with Gasteiger partial charge in [-0.25, -0.2) is 0 Å². The van der Waals surface area contributed by atoms with Crippen LogP contribution in [0.3, 0.4) is 0 Å². The molecule has 0 bridgehead atoms. The van der Waals surface area contributed by atoms with Gasteiger partial charge in [-0.1, -0.05) is 13.8 Å². The van der Waals surface area contributed by atoms with Crippen molar-refractivity contribution in [3.63, 3.8) is 0 Å². The summed E-state index contributed by atoms with van der Waals surface area (Å²) in [5.41, 5.74) is 0.505. The minimum absolute atomic E-state index is 0.0161. The van der Waals surface area contributed by atoms with E-state index in [0.29, 0.717) is 30.1 Å². The van der Waals surface area contributed by atoms with E-state index in [9.17, 15) is 9.90 Å². The van der Waals surface area contributed by atoms with Crippen LogP contribution in [0.2, 0.25) is 0 Å². The first kappa shape index (κ1) is 16.6. The van der Waals surface area contributed by atoms with Gasteiger partial charge in [0.05, 0.1) is 12.5 Å². The molecule has 140 valence electrons. The first-order valence-electron chi connectivity index (χ1n) is 10.5. The number of ether oxygens (including phenoxy) is 1. The summed E-state index contributed by atoms with van der Waals surface area (Å²) in [5, 5.41) is 14.6. The number of aliphatic hydroxyl groups excluding tert-OH is 1. The highest BCUT2D eigenvalue weighted by Gasteiger charge is 2.65. The molecule has 0 aromatic rings. The molecule has 3 saturated carbocycles. The lowest BCUT2D eigenvalue weighted by atomic mass is 9.45. The summed E-state index contributed by atoms with van der Waals surface area (Å²) in [5.74, 6) is 2.85. The number of carbonyl (C=O) groups is 1. The predicted molar refractivity (Wildman–Crippen MR) is 94.7 cm³/mol. The van der Waals surface area contributed by atoms with Crippen molar-refractivity contribution in [2.45, 2.75) is 71.0 Å². The first-order valence-corrected chi connectivity index (χ1v) is 10.5. The van der Waals surface area contributed by atoms with E-state index < -0.39 is 0 Å². The standard InChI is InChI=1S/C21H33NO3/c1-20-5-3-13-12(15(20)10-18-16(20)11-19(24)25-18)9-17(23)14-4-7-22-8-6-21(13,14)2/h12-18,22-23H,3-11H2,1-2H3/t12-,13+,14+,15-,16+,17-,18+,20+,21-/m1/s1. The van der Waals surface area contributed by atoms with E-state index in [4.69, 9.17) is 4.74 Å². The molecule has 0 spiro atoms. The summed E-state index contributed by atoms with van der Waals surface area (Å²) in [6, 6.07) is 0. The van der Waals surface area contributed by atoms with Crippen molar-refractivity contribution in [1.82, 2.24) is 5.32 Å². The van der Waals surface area contributed by atoms with Crippen molar-refractivity contribution >= 4 is 5.97 Å². The third kappa shape index (κ3) is 2.16. The van der Waals surface area contributed by atoms with E-state index in [1.165, 1.54) is 19.3 Å². The molecule has 0 unspecified atom stereocenters. The lowest BCUT2D eigenvalue weighted by Gasteiger charge is -2.60. The zero-order chi connectivity index (χ0) is 17.4. The average molecular weight is 347 g/mol. The average Bonchev–Trinajstić information content (AvgIpc) is 2.96. The van der Waals surface area contributed by atoms with Gasteiger partial charge in [0.2, 0.25) is 0 Å². The lowest BCUT2D eigenvalue weighted by molar-refractivity contribution is -0.149. The molecule has 0 amide bonds. The van der Waals surface area contributed by atoms with Gasteiger partial charge in [-0.05, 0) is 86.1 Å². The molecule has 2 saturated heterocycles. The molecule has 2 N–H and O–H groups in total. The van der Waals surface area contributed by atoms with E-state index in [2.05, 4.69) is 19.2 Å². The summed E-state index contributed by atoms with van der Waals surface area (Å²) in [6.07, 6.45) is 7.46. The summed E-state index contributed by atoms with van der Waals surface area (Å²) >= 11 is 0. The summed E-state index contributed by atoms with van der Waals surface area (Å²) in [7, 11) is 0. The van der Waals surface area contributed by atoms with Crippen molar-refractivity contribution in [3.8, 4) is 0 Å². The second kappa shape index (κ2) is 5.45. The highest BCUT2D eigenvalue weighted by Crippen LogP contribution is 2.68. The highest BCUT2D eigenvalue weighted by atomic mass is 16.6. The van der Waals surface area contributed by atoms with Crippen molar-refractivity contribution < 1.29 is 14.6 Å². The zero-order valence-corrected chi connectivity index (χ0v) is 15.7. The summed E-state index contributed by atoms with van der Waals surface area (Å²) in [4.78, 5) is 11.8. The van der Waals surface area contributed by atoms with Crippen LogP contribution in [0, 0.1) is 40.4 Å². The largest absolute Gasteiger partial charge is 0.462 e. The molecule has 3 aliphatic carbocycles. The fourth-order valence-corrected chi connectivity index (χ4v) is 8.21. The van der Waals surface area contributed by atoms with Crippen LogP contribution in [0.15, 0.2) is 0 Å². The SMILES string of the molecule is C[C@]12CCNCC[C@H]1[C@H](O)C[C@H]1[C@H]3C[C@@H]4OC(=O)C[C@@H]4[C@@]3(C)CC[C@@H]12. The minimum Gasteiger partial charge on any atom is -0.462 e. The number of hydrogen-bond donors (Lipinski definition) is 2. The Balaban J connectivity index is 1.48. The van der Waals surface area contributed by atoms with E-state index in [1.807, 2.05) is 0 Å². The van der Waals surface area contributed by atoms with Crippen LogP contribution in [0.4, 0.5) is 0 Å². The fourth-order valence-electron chi connectivity index (χ4n) is 8.21. The topological polar surface area (TPSA) is 58.6 Å². The normalized spacial score (nSPS) is 57.7. The van der Waals surface area contributed by atoms with Crippen LogP contribution in [0.5, 0.6) is 0 Å². The van der Waals surface area contributed by atoms with Crippen molar-refractivity contribution in [2.75, 3.05) is 13.1 Å². The monoisotopic (exact) mass is 347 g/mol. The van der Waals surface area contributed by atoms with Gasteiger partial charge in [0.1, 0.15) is 6.10 Å². The van der Waals surface area contributed by atoms with Crippen molar-refractivity contribution in [1.29, 1.82) is 0 Å². The smallest absolute Gasteiger partial charge is 0.306 e. The molecule has 4 heteroatoms. The first-order chi connectivity index (χ1) is 11.9. The molecular formula is C21H33NO3. The third-order valence-electron chi connectivity index (χ3n) is 9.47. The van der Waals surface area contributed by atoms with Gasteiger partial charge in [-0.3, -0.25) is 4.79 Å². The number of aliphatic hydroxyl groups is 1. The Kier molecular flexibility index (Phi) is 3.61. The summed E-state index contributed by atoms with van der Waals surface area (Å²) < 4.78 is 5.69. The molecule has 25 heavy (non-hydrogen) atoms. The Morgan fingerprint density at radius 2 is 1.80 bits per heavy atom. The van der Waals surface area contributed by atoms with Gasteiger partial charge >= 0.3 is 5.97 Å². The molecule has 2 aliphatic heterocycles. The van der Waals surface area contributed by atoms with Crippen LogP contribution in [-0.4, -0.2) is 36.4 Å². The maximum absolute atomic E-state index is 11.8. The maximum atomic E-state index is 11.8. The number of fused-ring (bicyclic) bond motifs is 7. The number of carbonyl (C=O) groups excluding carboxylic acids is 1.